The zero-order valence-corrected chi connectivity index (χ0v) is 16.2. The van der Waals surface area contributed by atoms with Crippen LogP contribution in [0.1, 0.15) is 44.1 Å². The van der Waals surface area contributed by atoms with Crippen molar-refractivity contribution in [3.05, 3.63) is 35.9 Å². The molecule has 0 amide bonds. The number of aliphatic imine (C=N–C) groups is 1. The number of nitrogens with zero attached hydrogens (tertiary/aromatic N) is 2. The number of nitrogens with one attached hydrogen (secondary N) is 1. The van der Waals surface area contributed by atoms with E-state index in [0.717, 1.165) is 31.2 Å². The molecule has 25 heavy (non-hydrogen) atoms. The Morgan fingerprint density at radius 1 is 1.20 bits per heavy atom. The Morgan fingerprint density at radius 2 is 1.96 bits per heavy atom. The van der Waals surface area contributed by atoms with Gasteiger partial charge in [0.15, 0.2) is 5.96 Å². The highest BCUT2D eigenvalue weighted by Crippen LogP contribution is 2.43. The molecule has 3 rings (SSSR count). The van der Waals surface area contributed by atoms with E-state index in [2.05, 4.69) is 15.2 Å². The summed E-state index contributed by atoms with van der Waals surface area (Å²) in [5.41, 5.74) is 1.68. The van der Waals surface area contributed by atoms with Gasteiger partial charge >= 0.3 is 0 Å². The van der Waals surface area contributed by atoms with Gasteiger partial charge in [-0.3, -0.25) is 9.20 Å². The van der Waals surface area contributed by atoms with Crippen LogP contribution in [-0.2, 0) is 16.6 Å². The topological polar surface area (TPSA) is 44.7 Å². The number of hydrogen-bond donors (Lipinski definition) is 1. The molecule has 5 heteroatoms. The smallest absolute Gasteiger partial charge is 0.193 e. The van der Waals surface area contributed by atoms with Gasteiger partial charge in [0.25, 0.3) is 0 Å². The third-order valence-electron chi connectivity index (χ3n) is 5.65. The molecule has 1 aliphatic heterocycles. The summed E-state index contributed by atoms with van der Waals surface area (Å²) in [4.78, 5) is 6.87. The first-order valence-corrected chi connectivity index (χ1v) is 11.0. The Balaban J connectivity index is 1.43. The summed E-state index contributed by atoms with van der Waals surface area (Å²) in [6.07, 6.45) is 8.23. The van der Waals surface area contributed by atoms with Crippen LogP contribution < -0.4 is 5.32 Å². The molecule has 1 saturated carbocycles. The second-order valence-electron chi connectivity index (χ2n) is 7.48. The van der Waals surface area contributed by atoms with E-state index in [4.69, 9.17) is 0 Å². The predicted octanol–water partition coefficient (Wildman–Crippen LogP) is 3.17. The monoisotopic (exact) mass is 361 g/mol. The minimum absolute atomic E-state index is 0.534. The summed E-state index contributed by atoms with van der Waals surface area (Å²) < 4.78 is 12.3. The number of benzene rings is 1. The van der Waals surface area contributed by atoms with Gasteiger partial charge in [0.2, 0.25) is 0 Å². The van der Waals surface area contributed by atoms with Crippen LogP contribution in [0.3, 0.4) is 0 Å². The molecule has 1 aromatic carbocycles. The van der Waals surface area contributed by atoms with E-state index in [-0.39, 0.29) is 0 Å². The zero-order valence-electron chi connectivity index (χ0n) is 15.4. The van der Waals surface area contributed by atoms with Gasteiger partial charge < -0.3 is 10.2 Å². The summed E-state index contributed by atoms with van der Waals surface area (Å²) in [7, 11) is 1.02. The van der Waals surface area contributed by atoms with Gasteiger partial charge in [-0.05, 0) is 30.2 Å². The van der Waals surface area contributed by atoms with E-state index in [9.17, 15) is 4.21 Å². The maximum Gasteiger partial charge on any atom is 0.193 e. The average molecular weight is 362 g/mol. The van der Waals surface area contributed by atoms with Crippen molar-refractivity contribution in [2.75, 3.05) is 32.4 Å². The van der Waals surface area contributed by atoms with Crippen LogP contribution in [0.2, 0.25) is 0 Å². The van der Waals surface area contributed by atoms with Crippen molar-refractivity contribution < 1.29 is 4.21 Å². The fourth-order valence-electron chi connectivity index (χ4n) is 4.27. The molecule has 1 heterocycles. The van der Waals surface area contributed by atoms with Crippen molar-refractivity contribution in [2.24, 2.45) is 10.4 Å². The highest BCUT2D eigenvalue weighted by Gasteiger charge is 2.39. The van der Waals surface area contributed by atoms with Crippen molar-refractivity contribution in [3.8, 4) is 0 Å². The molecular weight excluding hydrogens is 330 g/mol. The number of rotatable bonds is 5. The Hall–Kier alpha value is -1.36. The van der Waals surface area contributed by atoms with Gasteiger partial charge in [-0.25, -0.2) is 0 Å². The lowest BCUT2D eigenvalue weighted by atomic mass is 9.73. The quantitative estimate of drug-likeness (QED) is 0.647. The van der Waals surface area contributed by atoms with Crippen molar-refractivity contribution in [2.45, 2.75) is 44.3 Å². The summed E-state index contributed by atoms with van der Waals surface area (Å²) in [6, 6.07) is 10.1. The number of likely N-dealkylation sites (tertiary alicyclic amines) is 1. The van der Waals surface area contributed by atoms with Gasteiger partial charge in [0, 0.05) is 49.0 Å². The average Bonchev–Trinajstić information content (AvgIpc) is 3.03. The lowest BCUT2D eigenvalue weighted by Gasteiger charge is -2.33. The second kappa shape index (κ2) is 8.84. The predicted molar refractivity (Wildman–Crippen MR) is 106 cm³/mol. The molecule has 1 unspecified atom stereocenters. The minimum Gasteiger partial charge on any atom is -0.355 e. The van der Waals surface area contributed by atoms with Crippen LogP contribution in [-0.4, -0.2) is 47.5 Å². The Kier molecular flexibility index (Phi) is 6.51. The third-order valence-corrected chi connectivity index (χ3v) is 6.96. The minimum atomic E-state index is -0.838. The maximum absolute atomic E-state index is 12.3. The first-order valence-electron chi connectivity index (χ1n) is 9.55. The molecule has 1 aromatic rings. The second-order valence-corrected chi connectivity index (χ2v) is 9.06. The molecule has 138 valence electrons. The SMILES string of the molecule is CN=C(NCCS(=O)Cc1ccccc1)N1CCC2(CCCCC2)C1. The fraction of sp³-hybridized carbons (Fsp3) is 0.650. The molecule has 1 atom stereocenters. The lowest BCUT2D eigenvalue weighted by molar-refractivity contribution is 0.203. The van der Waals surface area contributed by atoms with Gasteiger partial charge in [0.05, 0.1) is 0 Å². The Labute approximate surface area is 154 Å². The normalized spacial score (nSPS) is 21.5. The number of hydrogen-bond acceptors (Lipinski definition) is 2. The molecule has 1 aliphatic carbocycles. The molecule has 4 nitrogen and oxygen atoms in total. The molecule has 1 N–H and O–H groups in total. The van der Waals surface area contributed by atoms with Crippen molar-refractivity contribution in [3.63, 3.8) is 0 Å². The van der Waals surface area contributed by atoms with E-state index in [1.807, 2.05) is 37.4 Å². The Morgan fingerprint density at radius 3 is 2.68 bits per heavy atom. The molecule has 1 spiro atoms. The van der Waals surface area contributed by atoms with Crippen LogP contribution in [0.5, 0.6) is 0 Å². The van der Waals surface area contributed by atoms with E-state index < -0.39 is 10.8 Å². The Bertz CT molecular complexity index is 596. The van der Waals surface area contributed by atoms with Crippen LogP contribution in [0.15, 0.2) is 35.3 Å². The molecule has 0 bridgehead atoms. The standard InChI is InChI=1S/C20H31N3OS/c1-21-19(23-14-12-20(17-23)10-6-3-7-11-20)22-13-15-25(24)16-18-8-4-2-5-9-18/h2,4-5,8-9H,3,6-7,10-17H2,1H3,(H,21,22). The number of guanidine groups is 1. The van der Waals surface area contributed by atoms with Gasteiger partial charge in [-0.2, -0.15) is 0 Å². The van der Waals surface area contributed by atoms with E-state index >= 15 is 0 Å². The highest BCUT2D eigenvalue weighted by molar-refractivity contribution is 7.84. The van der Waals surface area contributed by atoms with Gasteiger partial charge in [-0.15, -0.1) is 0 Å². The van der Waals surface area contributed by atoms with Crippen LogP contribution >= 0.6 is 0 Å². The molecular formula is C20H31N3OS. The first-order chi connectivity index (χ1) is 12.2. The summed E-state index contributed by atoms with van der Waals surface area (Å²) in [5, 5.41) is 3.43. The largest absolute Gasteiger partial charge is 0.355 e. The van der Waals surface area contributed by atoms with Crippen LogP contribution in [0.25, 0.3) is 0 Å². The van der Waals surface area contributed by atoms with E-state index in [1.54, 1.807) is 0 Å². The van der Waals surface area contributed by atoms with Crippen molar-refractivity contribution in [1.29, 1.82) is 0 Å². The maximum atomic E-state index is 12.3. The molecule has 1 saturated heterocycles. The first kappa shape index (κ1) is 18.4. The van der Waals surface area contributed by atoms with E-state index in [1.165, 1.54) is 38.5 Å². The van der Waals surface area contributed by atoms with Gasteiger partial charge in [-0.1, -0.05) is 49.6 Å². The zero-order chi connectivity index (χ0) is 17.5. The van der Waals surface area contributed by atoms with Crippen molar-refractivity contribution in [1.82, 2.24) is 10.2 Å². The lowest BCUT2D eigenvalue weighted by Crippen LogP contribution is -2.42. The summed E-state index contributed by atoms with van der Waals surface area (Å²) >= 11 is 0. The van der Waals surface area contributed by atoms with Crippen LogP contribution in [0, 0.1) is 5.41 Å². The van der Waals surface area contributed by atoms with Gasteiger partial charge in [0.1, 0.15) is 0 Å². The molecule has 0 radical (unpaired) electrons. The van der Waals surface area contributed by atoms with Crippen molar-refractivity contribution >= 4 is 16.8 Å². The molecule has 2 aliphatic rings. The molecule has 2 fully saturated rings. The summed E-state index contributed by atoms with van der Waals surface area (Å²) in [5.74, 6) is 2.28. The fourth-order valence-corrected chi connectivity index (χ4v) is 5.31. The third kappa shape index (κ3) is 5.06. The van der Waals surface area contributed by atoms with E-state index in [0.29, 0.717) is 16.9 Å². The summed E-state index contributed by atoms with van der Waals surface area (Å²) in [6.45, 7) is 2.96. The highest BCUT2D eigenvalue weighted by atomic mass is 32.2. The van der Waals surface area contributed by atoms with Crippen LogP contribution in [0.4, 0.5) is 0 Å². The molecule has 0 aromatic heterocycles.